The lowest BCUT2D eigenvalue weighted by Crippen LogP contribution is -2.19. The zero-order valence-electron chi connectivity index (χ0n) is 15.3. The van der Waals surface area contributed by atoms with E-state index in [2.05, 4.69) is 0 Å². The van der Waals surface area contributed by atoms with Gasteiger partial charge in [0.2, 0.25) is 5.91 Å². The number of esters is 2. The molecule has 5 aromatic rings. The van der Waals surface area contributed by atoms with E-state index in [1.165, 1.54) is 0 Å². The Morgan fingerprint density at radius 3 is 1.73 bits per heavy atom. The molecule has 1 aliphatic rings. The van der Waals surface area contributed by atoms with Gasteiger partial charge in [-0.25, -0.2) is 9.59 Å². The fraction of sp³-hybridized carbons (Fsp3) is 0. The van der Waals surface area contributed by atoms with E-state index in [9.17, 15) is 19.2 Å². The summed E-state index contributed by atoms with van der Waals surface area (Å²) in [4.78, 5) is 48.4. The minimum absolute atomic E-state index is 0.269. The van der Waals surface area contributed by atoms with Crippen LogP contribution in [0.5, 0.6) is 0 Å². The predicted octanol–water partition coefficient (Wildman–Crippen LogP) is 3.96. The van der Waals surface area contributed by atoms with Crippen molar-refractivity contribution in [3.63, 3.8) is 0 Å². The molecule has 1 aliphatic heterocycles. The highest BCUT2D eigenvalue weighted by Gasteiger charge is 2.29. The molecule has 6 rings (SSSR count). The van der Waals surface area contributed by atoms with Crippen LogP contribution < -0.4 is 5.73 Å². The van der Waals surface area contributed by atoms with Gasteiger partial charge in [-0.05, 0) is 50.5 Å². The normalized spacial score (nSPS) is 13.5. The summed E-state index contributed by atoms with van der Waals surface area (Å²) in [6, 6.07) is 13.8. The maximum atomic E-state index is 12.3. The molecule has 0 unspecified atom stereocenters. The van der Waals surface area contributed by atoms with Crippen molar-refractivity contribution in [2.24, 2.45) is 5.73 Å². The van der Waals surface area contributed by atoms with E-state index in [-0.39, 0.29) is 5.56 Å². The lowest BCUT2D eigenvalue weighted by atomic mass is 9.84. The molecule has 0 saturated heterocycles. The minimum Gasteiger partial charge on any atom is -0.386 e. The van der Waals surface area contributed by atoms with E-state index >= 15 is 0 Å². The Balaban J connectivity index is 1.97. The van der Waals surface area contributed by atoms with E-state index in [0.29, 0.717) is 33.7 Å². The van der Waals surface area contributed by atoms with Crippen LogP contribution in [-0.2, 0) is 4.74 Å². The Kier molecular flexibility index (Phi) is 2.98. The fourth-order valence-electron chi connectivity index (χ4n) is 4.75. The van der Waals surface area contributed by atoms with Crippen LogP contribution in [0.25, 0.3) is 43.1 Å². The molecule has 142 valence electrons. The van der Waals surface area contributed by atoms with Gasteiger partial charge in [-0.15, -0.1) is 0 Å². The summed E-state index contributed by atoms with van der Waals surface area (Å²) in [5, 5.41) is 5.80. The molecule has 1 heterocycles. The van der Waals surface area contributed by atoms with Crippen molar-refractivity contribution in [2.45, 2.75) is 0 Å². The summed E-state index contributed by atoms with van der Waals surface area (Å²) >= 11 is 0. The van der Waals surface area contributed by atoms with E-state index in [4.69, 9.17) is 10.5 Å². The number of hydrogen-bond donors (Lipinski definition) is 1. The first-order valence-corrected chi connectivity index (χ1v) is 9.23. The first-order valence-electron chi connectivity index (χ1n) is 9.23. The highest BCUT2D eigenvalue weighted by Crippen LogP contribution is 2.44. The molecule has 5 aromatic carbocycles. The molecule has 0 bridgehead atoms. The summed E-state index contributed by atoms with van der Waals surface area (Å²) in [7, 11) is 0. The zero-order chi connectivity index (χ0) is 20.7. The molecule has 0 aromatic heterocycles. The van der Waals surface area contributed by atoms with E-state index in [1.54, 1.807) is 42.5 Å². The molecule has 1 amide bonds. The van der Waals surface area contributed by atoms with Crippen molar-refractivity contribution in [1.82, 2.24) is 0 Å². The third kappa shape index (κ3) is 1.83. The highest BCUT2D eigenvalue weighted by molar-refractivity contribution is 6.38. The minimum atomic E-state index is -0.674. The Bertz CT molecular complexity index is 1510. The standard InChI is InChI=1S/C24H11NO5/c25-22(27)15-6-3-12-14-5-8-17-21-16(23(28)30-24(17)29)7-4-13(20(14)21)11-2-1-10(9-26)18(15)19(11)12/h1-9H,(H2,25,27). The van der Waals surface area contributed by atoms with Crippen LogP contribution >= 0.6 is 0 Å². The van der Waals surface area contributed by atoms with Gasteiger partial charge < -0.3 is 10.5 Å². The molecule has 0 radical (unpaired) electrons. The number of amides is 1. The number of cyclic esters (lactones) is 2. The van der Waals surface area contributed by atoms with Gasteiger partial charge in [-0.2, -0.15) is 0 Å². The van der Waals surface area contributed by atoms with Crippen molar-refractivity contribution in [3.05, 3.63) is 70.8 Å². The summed E-state index contributed by atoms with van der Waals surface area (Å²) < 4.78 is 4.87. The summed E-state index contributed by atoms with van der Waals surface area (Å²) in [6.07, 6.45) is 0.708. The number of aldehydes is 1. The Labute approximate surface area is 168 Å². The topological polar surface area (TPSA) is 104 Å². The fourth-order valence-corrected chi connectivity index (χ4v) is 4.75. The molecule has 30 heavy (non-hydrogen) atoms. The average Bonchev–Trinajstić information content (AvgIpc) is 2.75. The average molecular weight is 393 g/mol. The number of rotatable bonds is 2. The maximum Gasteiger partial charge on any atom is 0.346 e. The highest BCUT2D eigenvalue weighted by atomic mass is 16.6. The predicted molar refractivity (Wildman–Crippen MR) is 111 cm³/mol. The second-order valence-corrected chi connectivity index (χ2v) is 7.34. The Hall–Kier alpha value is -4.32. The number of carbonyl (C=O) groups excluding carboxylic acids is 4. The quantitative estimate of drug-likeness (QED) is 0.161. The van der Waals surface area contributed by atoms with Gasteiger partial charge in [0.25, 0.3) is 0 Å². The maximum absolute atomic E-state index is 12.3. The van der Waals surface area contributed by atoms with Crippen LogP contribution in [-0.4, -0.2) is 24.1 Å². The van der Waals surface area contributed by atoms with Crippen molar-refractivity contribution in [2.75, 3.05) is 0 Å². The number of nitrogens with two attached hydrogens (primary N) is 1. The van der Waals surface area contributed by atoms with Gasteiger partial charge in [-0.3, -0.25) is 9.59 Å². The van der Waals surface area contributed by atoms with Crippen molar-refractivity contribution < 1.29 is 23.9 Å². The molecule has 0 fully saturated rings. The van der Waals surface area contributed by atoms with Gasteiger partial charge in [0, 0.05) is 21.9 Å². The van der Waals surface area contributed by atoms with Crippen LogP contribution in [0.3, 0.4) is 0 Å². The molecule has 0 atom stereocenters. The molecule has 0 aliphatic carbocycles. The third-order valence-corrected chi connectivity index (χ3v) is 5.95. The smallest absolute Gasteiger partial charge is 0.346 e. The van der Waals surface area contributed by atoms with Crippen molar-refractivity contribution in [3.8, 4) is 0 Å². The largest absolute Gasteiger partial charge is 0.386 e. The van der Waals surface area contributed by atoms with Crippen molar-refractivity contribution >= 4 is 67.2 Å². The zero-order valence-corrected chi connectivity index (χ0v) is 15.3. The summed E-state index contributed by atoms with van der Waals surface area (Å²) in [5.41, 5.74) is 6.90. The van der Waals surface area contributed by atoms with Crippen LogP contribution in [0.15, 0.2) is 48.5 Å². The van der Waals surface area contributed by atoms with E-state index in [0.717, 1.165) is 32.3 Å². The first-order chi connectivity index (χ1) is 14.5. The van der Waals surface area contributed by atoms with E-state index < -0.39 is 17.8 Å². The van der Waals surface area contributed by atoms with Gasteiger partial charge in [0.1, 0.15) is 0 Å². The number of hydrogen-bond acceptors (Lipinski definition) is 5. The van der Waals surface area contributed by atoms with E-state index in [1.807, 2.05) is 6.07 Å². The lowest BCUT2D eigenvalue weighted by Gasteiger charge is -2.21. The van der Waals surface area contributed by atoms with Gasteiger partial charge >= 0.3 is 11.9 Å². The SMILES string of the molecule is NC(=O)c1ccc2c3ccc4c5c(ccc(c6ccc(C=O)c1c62)c53)C(=O)OC4=O. The van der Waals surface area contributed by atoms with Gasteiger partial charge in [0.05, 0.1) is 11.1 Å². The second-order valence-electron chi connectivity index (χ2n) is 7.34. The number of fused-ring (bicyclic) bond motifs is 2. The third-order valence-electron chi connectivity index (χ3n) is 5.95. The molecule has 0 spiro atoms. The number of carbonyl (C=O) groups is 4. The Morgan fingerprint density at radius 1 is 0.700 bits per heavy atom. The number of primary amides is 1. The summed E-state index contributed by atoms with van der Waals surface area (Å²) in [6.45, 7) is 0. The Morgan fingerprint density at radius 2 is 1.20 bits per heavy atom. The molecule has 0 saturated carbocycles. The van der Waals surface area contributed by atoms with Gasteiger partial charge in [-0.1, -0.05) is 30.3 Å². The molecule has 2 N–H and O–H groups in total. The lowest BCUT2D eigenvalue weighted by molar-refractivity contribution is 0.0391. The van der Waals surface area contributed by atoms with Crippen molar-refractivity contribution in [1.29, 1.82) is 0 Å². The van der Waals surface area contributed by atoms with Crippen LogP contribution in [0.4, 0.5) is 0 Å². The van der Waals surface area contributed by atoms with Crippen LogP contribution in [0.2, 0.25) is 0 Å². The van der Waals surface area contributed by atoms with Gasteiger partial charge in [0.15, 0.2) is 6.29 Å². The molecule has 6 heteroatoms. The first kappa shape index (κ1) is 16.6. The van der Waals surface area contributed by atoms with Crippen LogP contribution in [0.1, 0.15) is 41.4 Å². The van der Waals surface area contributed by atoms with Crippen LogP contribution in [0, 0.1) is 0 Å². The number of ether oxygens (including phenoxy) is 1. The molecular formula is C24H11NO5. The molecular weight excluding hydrogens is 382 g/mol. The number of benzene rings is 5. The molecule has 6 nitrogen and oxygen atoms in total. The summed E-state index contributed by atoms with van der Waals surface area (Å²) in [5.74, 6) is -1.97. The monoisotopic (exact) mass is 393 g/mol. The second kappa shape index (κ2) is 5.39.